The Kier molecular flexibility index (Phi) is 12.2. The molecule has 0 unspecified atom stereocenters. The molecule has 2 amide bonds. The van der Waals surface area contributed by atoms with Crippen LogP contribution in [-0.2, 0) is 32.6 Å². The second-order valence-electron chi connectivity index (χ2n) is 10.2. The molecule has 0 saturated carbocycles. The van der Waals surface area contributed by atoms with E-state index in [0.29, 0.717) is 28.6 Å². The lowest BCUT2D eigenvalue weighted by Crippen LogP contribution is -2.53. The standard InChI is InChI=1S/C33H31Cl4N3O4S/c1-2-15-38-33(42)31(16-23-9-5-3-6-10-23)39(21-24-13-14-25(34)20-30(24)37)32(41)22-40(28-18-26(35)17-27(36)19-28)45(43,44)29-11-7-4-8-12-29/h3-14,17-20,31H,2,15-16,21-22H2,1H3,(H,38,42)/t31-/m0/s1. The Hall–Kier alpha value is -3.27. The summed E-state index contributed by atoms with van der Waals surface area (Å²) in [6, 6.07) is 25.1. The van der Waals surface area contributed by atoms with Gasteiger partial charge in [-0.15, -0.1) is 0 Å². The van der Waals surface area contributed by atoms with Crippen molar-refractivity contribution in [2.45, 2.75) is 37.2 Å². The van der Waals surface area contributed by atoms with Gasteiger partial charge in [0, 0.05) is 39.6 Å². The average Bonchev–Trinajstić information content (AvgIpc) is 3.01. The van der Waals surface area contributed by atoms with Gasteiger partial charge in [0.2, 0.25) is 11.8 Å². The molecule has 0 bridgehead atoms. The zero-order valence-electron chi connectivity index (χ0n) is 24.3. The van der Waals surface area contributed by atoms with Gasteiger partial charge in [0.1, 0.15) is 12.6 Å². The molecule has 0 spiro atoms. The number of anilines is 1. The minimum Gasteiger partial charge on any atom is -0.354 e. The second-order valence-corrected chi connectivity index (χ2v) is 13.8. The van der Waals surface area contributed by atoms with Gasteiger partial charge in [0.25, 0.3) is 10.0 Å². The maximum absolute atomic E-state index is 14.5. The van der Waals surface area contributed by atoms with Gasteiger partial charge in [-0.25, -0.2) is 8.42 Å². The molecule has 0 aromatic heterocycles. The highest BCUT2D eigenvalue weighted by atomic mass is 35.5. The van der Waals surface area contributed by atoms with Crippen molar-refractivity contribution in [1.29, 1.82) is 0 Å². The molecule has 0 saturated heterocycles. The monoisotopic (exact) mass is 705 g/mol. The summed E-state index contributed by atoms with van der Waals surface area (Å²) in [5.41, 5.74) is 1.42. The smallest absolute Gasteiger partial charge is 0.264 e. The molecular formula is C33H31Cl4N3O4S. The van der Waals surface area contributed by atoms with Crippen molar-refractivity contribution in [3.05, 3.63) is 128 Å². The number of nitrogens with one attached hydrogen (secondary N) is 1. The molecule has 0 radical (unpaired) electrons. The maximum atomic E-state index is 14.5. The van der Waals surface area contributed by atoms with Crippen LogP contribution in [0.1, 0.15) is 24.5 Å². The Morgan fingerprint density at radius 1 is 0.800 bits per heavy atom. The Balaban J connectivity index is 1.83. The number of hydrogen-bond donors (Lipinski definition) is 1. The van der Waals surface area contributed by atoms with E-state index < -0.39 is 28.5 Å². The van der Waals surface area contributed by atoms with Crippen LogP contribution in [0.4, 0.5) is 5.69 Å². The minimum absolute atomic E-state index is 0.0391. The van der Waals surface area contributed by atoms with E-state index >= 15 is 0 Å². The minimum atomic E-state index is -4.30. The molecule has 7 nitrogen and oxygen atoms in total. The van der Waals surface area contributed by atoms with Crippen LogP contribution in [0, 0.1) is 0 Å². The van der Waals surface area contributed by atoms with E-state index in [2.05, 4.69) is 5.32 Å². The van der Waals surface area contributed by atoms with E-state index in [9.17, 15) is 18.0 Å². The lowest BCUT2D eigenvalue weighted by Gasteiger charge is -2.34. The molecule has 0 aliphatic rings. The number of nitrogens with zero attached hydrogens (tertiary/aromatic N) is 2. The van der Waals surface area contributed by atoms with Crippen LogP contribution in [0.2, 0.25) is 20.1 Å². The molecular weight excluding hydrogens is 676 g/mol. The summed E-state index contributed by atoms with van der Waals surface area (Å²) in [7, 11) is -4.30. The van der Waals surface area contributed by atoms with Crippen molar-refractivity contribution < 1.29 is 18.0 Å². The van der Waals surface area contributed by atoms with Crippen molar-refractivity contribution in [3.8, 4) is 0 Å². The van der Waals surface area contributed by atoms with Crippen LogP contribution >= 0.6 is 46.4 Å². The Morgan fingerprint density at radius 3 is 2.02 bits per heavy atom. The molecule has 4 aromatic rings. The molecule has 45 heavy (non-hydrogen) atoms. The average molecular weight is 708 g/mol. The number of rotatable bonds is 13. The lowest BCUT2D eigenvalue weighted by atomic mass is 10.0. The molecule has 236 valence electrons. The highest BCUT2D eigenvalue weighted by Crippen LogP contribution is 2.31. The van der Waals surface area contributed by atoms with E-state index in [1.165, 1.54) is 35.2 Å². The number of hydrogen-bond acceptors (Lipinski definition) is 4. The van der Waals surface area contributed by atoms with Crippen LogP contribution in [-0.4, -0.2) is 44.3 Å². The Bertz CT molecular complexity index is 1720. The molecule has 0 fully saturated rings. The van der Waals surface area contributed by atoms with Crippen LogP contribution < -0.4 is 9.62 Å². The fourth-order valence-electron chi connectivity index (χ4n) is 4.69. The first-order chi connectivity index (χ1) is 21.5. The van der Waals surface area contributed by atoms with Gasteiger partial charge < -0.3 is 10.2 Å². The van der Waals surface area contributed by atoms with Crippen molar-refractivity contribution in [2.24, 2.45) is 0 Å². The molecule has 0 heterocycles. The van der Waals surface area contributed by atoms with Crippen molar-refractivity contribution in [1.82, 2.24) is 10.2 Å². The zero-order chi connectivity index (χ0) is 32.6. The molecule has 4 rings (SSSR count). The van der Waals surface area contributed by atoms with E-state index in [0.717, 1.165) is 9.87 Å². The van der Waals surface area contributed by atoms with Gasteiger partial charge in [0.15, 0.2) is 0 Å². The second kappa shape index (κ2) is 15.8. The first-order valence-corrected chi connectivity index (χ1v) is 17.0. The van der Waals surface area contributed by atoms with E-state index in [4.69, 9.17) is 46.4 Å². The van der Waals surface area contributed by atoms with E-state index in [1.54, 1.807) is 36.4 Å². The molecule has 1 atom stereocenters. The quantitative estimate of drug-likeness (QED) is 0.155. The first-order valence-electron chi connectivity index (χ1n) is 14.1. The first kappa shape index (κ1) is 34.6. The summed E-state index contributed by atoms with van der Waals surface area (Å²) in [6.45, 7) is 1.56. The van der Waals surface area contributed by atoms with Gasteiger partial charge in [0.05, 0.1) is 10.6 Å². The topological polar surface area (TPSA) is 86.8 Å². The number of carbonyl (C=O) groups excluding carboxylic acids is 2. The Labute approximate surface area is 283 Å². The molecule has 0 aliphatic heterocycles. The lowest BCUT2D eigenvalue weighted by molar-refractivity contribution is -0.140. The SMILES string of the molecule is CCCNC(=O)[C@H](Cc1ccccc1)N(Cc1ccc(Cl)cc1Cl)C(=O)CN(c1cc(Cl)cc(Cl)c1)S(=O)(=O)c1ccccc1. The largest absolute Gasteiger partial charge is 0.354 e. The van der Waals surface area contributed by atoms with Crippen molar-refractivity contribution in [2.75, 3.05) is 17.4 Å². The molecule has 12 heteroatoms. The summed E-state index contributed by atoms with van der Waals surface area (Å²) in [6.07, 6.45) is 0.848. The van der Waals surface area contributed by atoms with Gasteiger partial charge in [-0.2, -0.15) is 0 Å². The van der Waals surface area contributed by atoms with Gasteiger partial charge in [-0.1, -0.05) is 108 Å². The number of halogens is 4. The normalized spacial score (nSPS) is 11.9. The highest BCUT2D eigenvalue weighted by Gasteiger charge is 2.35. The molecule has 0 aliphatic carbocycles. The van der Waals surface area contributed by atoms with Gasteiger partial charge in [-0.05, 0) is 60.0 Å². The summed E-state index contributed by atoms with van der Waals surface area (Å²) in [5, 5.41) is 3.97. The van der Waals surface area contributed by atoms with Crippen LogP contribution in [0.5, 0.6) is 0 Å². The predicted molar refractivity (Wildman–Crippen MR) is 182 cm³/mol. The third-order valence-electron chi connectivity index (χ3n) is 6.92. The summed E-state index contributed by atoms with van der Waals surface area (Å²) in [5.74, 6) is -1.04. The van der Waals surface area contributed by atoms with Crippen molar-refractivity contribution in [3.63, 3.8) is 0 Å². The third kappa shape index (κ3) is 9.15. The number of benzene rings is 4. The van der Waals surface area contributed by atoms with Crippen LogP contribution in [0.25, 0.3) is 0 Å². The maximum Gasteiger partial charge on any atom is 0.264 e. The summed E-state index contributed by atoms with van der Waals surface area (Å²) >= 11 is 25.2. The van der Waals surface area contributed by atoms with Crippen LogP contribution in [0.3, 0.4) is 0 Å². The van der Waals surface area contributed by atoms with Crippen LogP contribution in [0.15, 0.2) is 102 Å². The number of sulfonamides is 1. The molecule has 4 aromatic carbocycles. The van der Waals surface area contributed by atoms with E-state index in [-0.39, 0.29) is 39.5 Å². The zero-order valence-corrected chi connectivity index (χ0v) is 28.1. The highest BCUT2D eigenvalue weighted by molar-refractivity contribution is 7.92. The number of amides is 2. The summed E-state index contributed by atoms with van der Waals surface area (Å²) in [4.78, 5) is 29.5. The Morgan fingerprint density at radius 2 is 1.42 bits per heavy atom. The number of carbonyl (C=O) groups is 2. The fourth-order valence-corrected chi connectivity index (χ4v) is 7.09. The van der Waals surface area contributed by atoms with Gasteiger partial charge in [-0.3, -0.25) is 13.9 Å². The van der Waals surface area contributed by atoms with Crippen molar-refractivity contribution >= 4 is 73.9 Å². The van der Waals surface area contributed by atoms with E-state index in [1.807, 2.05) is 37.3 Å². The fraction of sp³-hybridized carbons (Fsp3) is 0.212. The third-order valence-corrected chi connectivity index (χ3v) is 9.73. The summed E-state index contributed by atoms with van der Waals surface area (Å²) < 4.78 is 29.1. The van der Waals surface area contributed by atoms with Gasteiger partial charge >= 0.3 is 0 Å². The molecule has 1 N–H and O–H groups in total. The predicted octanol–water partition coefficient (Wildman–Crippen LogP) is 7.66.